The quantitative estimate of drug-likeness (QED) is 0.858. The van der Waals surface area contributed by atoms with Crippen LogP contribution in [0.1, 0.15) is 18.4 Å². The standard InChI is InChI=1S/C14H19NO3/c1-16-13-6-10(14(9-15)4-5-14)2-3-12(13)18-11-7-17-8-11/h2-3,6,11H,4-5,7-9,15H2,1H3. The van der Waals surface area contributed by atoms with E-state index in [4.69, 9.17) is 19.9 Å². The van der Waals surface area contributed by atoms with Crippen LogP contribution in [-0.2, 0) is 10.2 Å². The van der Waals surface area contributed by atoms with Crippen LogP contribution in [-0.4, -0.2) is 33.0 Å². The van der Waals surface area contributed by atoms with Crippen molar-refractivity contribution in [2.45, 2.75) is 24.4 Å². The molecule has 3 rings (SSSR count). The van der Waals surface area contributed by atoms with E-state index in [2.05, 4.69) is 12.1 Å². The van der Waals surface area contributed by atoms with E-state index in [9.17, 15) is 0 Å². The van der Waals surface area contributed by atoms with Crippen LogP contribution < -0.4 is 15.2 Å². The Morgan fingerprint density at radius 3 is 2.61 bits per heavy atom. The highest BCUT2D eigenvalue weighted by Gasteiger charge is 2.43. The molecule has 1 heterocycles. The first kappa shape index (κ1) is 11.8. The summed E-state index contributed by atoms with van der Waals surface area (Å²) < 4.78 is 16.3. The van der Waals surface area contributed by atoms with E-state index < -0.39 is 0 Å². The first-order valence-corrected chi connectivity index (χ1v) is 6.40. The normalized spacial score (nSPS) is 21.2. The van der Waals surface area contributed by atoms with Gasteiger partial charge in [0.15, 0.2) is 11.5 Å². The lowest BCUT2D eigenvalue weighted by Gasteiger charge is -2.27. The van der Waals surface area contributed by atoms with Gasteiger partial charge in [0.05, 0.1) is 20.3 Å². The second-order valence-corrected chi connectivity index (χ2v) is 5.13. The lowest BCUT2D eigenvalue weighted by atomic mass is 9.96. The molecule has 4 heteroatoms. The topological polar surface area (TPSA) is 53.7 Å². The zero-order chi connectivity index (χ0) is 12.6. The van der Waals surface area contributed by atoms with E-state index in [-0.39, 0.29) is 11.5 Å². The fourth-order valence-corrected chi connectivity index (χ4v) is 2.32. The predicted octanol–water partition coefficient (Wildman–Crippen LogP) is 1.46. The minimum Gasteiger partial charge on any atom is -0.493 e. The molecule has 2 N–H and O–H groups in total. The summed E-state index contributed by atoms with van der Waals surface area (Å²) in [5.74, 6) is 1.58. The number of nitrogens with two attached hydrogens (primary N) is 1. The van der Waals surface area contributed by atoms with Gasteiger partial charge in [0, 0.05) is 12.0 Å². The Hall–Kier alpha value is -1.26. The molecule has 1 aliphatic carbocycles. The van der Waals surface area contributed by atoms with Gasteiger partial charge in [0.25, 0.3) is 0 Å². The second-order valence-electron chi connectivity index (χ2n) is 5.13. The summed E-state index contributed by atoms with van der Waals surface area (Å²) in [6, 6.07) is 6.16. The molecule has 0 atom stereocenters. The summed E-state index contributed by atoms with van der Waals surface area (Å²) >= 11 is 0. The molecule has 4 nitrogen and oxygen atoms in total. The van der Waals surface area contributed by atoms with Crippen molar-refractivity contribution < 1.29 is 14.2 Å². The van der Waals surface area contributed by atoms with Gasteiger partial charge in [-0.05, 0) is 30.5 Å². The van der Waals surface area contributed by atoms with Gasteiger partial charge in [-0.3, -0.25) is 0 Å². The van der Waals surface area contributed by atoms with Crippen LogP contribution in [0.25, 0.3) is 0 Å². The van der Waals surface area contributed by atoms with Gasteiger partial charge >= 0.3 is 0 Å². The molecule has 0 bridgehead atoms. The van der Waals surface area contributed by atoms with Gasteiger partial charge < -0.3 is 19.9 Å². The Morgan fingerprint density at radius 2 is 2.11 bits per heavy atom. The van der Waals surface area contributed by atoms with Crippen LogP contribution in [0.4, 0.5) is 0 Å². The maximum atomic E-state index is 5.85. The number of methoxy groups -OCH3 is 1. The van der Waals surface area contributed by atoms with E-state index in [1.807, 2.05) is 6.07 Å². The minimum atomic E-state index is 0.161. The molecule has 1 aliphatic heterocycles. The summed E-state index contributed by atoms with van der Waals surface area (Å²) in [5, 5.41) is 0. The molecule has 1 saturated carbocycles. The Morgan fingerprint density at radius 1 is 1.33 bits per heavy atom. The van der Waals surface area contributed by atoms with Gasteiger partial charge in [-0.25, -0.2) is 0 Å². The molecule has 1 aromatic rings. The molecule has 1 saturated heterocycles. The first-order chi connectivity index (χ1) is 8.77. The fraction of sp³-hybridized carbons (Fsp3) is 0.571. The molecule has 0 amide bonds. The molecule has 2 aliphatic rings. The molecule has 0 spiro atoms. The molecular formula is C14H19NO3. The highest BCUT2D eigenvalue weighted by molar-refractivity contribution is 5.47. The third kappa shape index (κ3) is 1.95. The summed E-state index contributed by atoms with van der Waals surface area (Å²) in [5.41, 5.74) is 7.30. The Labute approximate surface area is 107 Å². The lowest BCUT2D eigenvalue weighted by Crippen LogP contribution is -2.38. The second kappa shape index (κ2) is 4.44. The minimum absolute atomic E-state index is 0.161. The predicted molar refractivity (Wildman–Crippen MR) is 68.2 cm³/mol. The van der Waals surface area contributed by atoms with Gasteiger partial charge in [0.2, 0.25) is 0 Å². The molecular weight excluding hydrogens is 230 g/mol. The first-order valence-electron chi connectivity index (χ1n) is 6.40. The maximum absolute atomic E-state index is 5.85. The van der Waals surface area contributed by atoms with Crippen molar-refractivity contribution in [2.75, 3.05) is 26.9 Å². The lowest BCUT2D eigenvalue weighted by molar-refractivity contribution is -0.0803. The fourth-order valence-electron chi connectivity index (χ4n) is 2.32. The monoisotopic (exact) mass is 249 g/mol. The molecule has 0 aromatic heterocycles. The molecule has 18 heavy (non-hydrogen) atoms. The van der Waals surface area contributed by atoms with Crippen molar-refractivity contribution in [3.63, 3.8) is 0 Å². The van der Waals surface area contributed by atoms with E-state index in [0.717, 1.165) is 11.5 Å². The van der Waals surface area contributed by atoms with Gasteiger partial charge in [-0.1, -0.05) is 6.07 Å². The van der Waals surface area contributed by atoms with E-state index in [0.29, 0.717) is 19.8 Å². The Bertz CT molecular complexity index is 439. The Kier molecular flexibility index (Phi) is 2.92. The number of hydrogen-bond acceptors (Lipinski definition) is 4. The van der Waals surface area contributed by atoms with Crippen molar-refractivity contribution in [1.82, 2.24) is 0 Å². The number of ether oxygens (including phenoxy) is 3. The summed E-state index contributed by atoms with van der Waals surface area (Å²) in [4.78, 5) is 0. The van der Waals surface area contributed by atoms with Crippen molar-refractivity contribution in [3.8, 4) is 11.5 Å². The SMILES string of the molecule is COc1cc(C2(CN)CC2)ccc1OC1COC1. The molecule has 0 radical (unpaired) electrons. The zero-order valence-electron chi connectivity index (χ0n) is 10.6. The molecule has 0 unspecified atom stereocenters. The van der Waals surface area contributed by atoms with Gasteiger partial charge in [-0.15, -0.1) is 0 Å². The highest BCUT2D eigenvalue weighted by Crippen LogP contribution is 2.49. The van der Waals surface area contributed by atoms with Crippen LogP contribution in [0.2, 0.25) is 0 Å². The van der Waals surface area contributed by atoms with Crippen LogP contribution >= 0.6 is 0 Å². The van der Waals surface area contributed by atoms with E-state index >= 15 is 0 Å². The van der Waals surface area contributed by atoms with Crippen molar-refractivity contribution in [2.24, 2.45) is 5.73 Å². The van der Waals surface area contributed by atoms with Crippen LogP contribution in [0, 0.1) is 0 Å². The van der Waals surface area contributed by atoms with Crippen LogP contribution in [0.5, 0.6) is 11.5 Å². The third-order valence-electron chi connectivity index (χ3n) is 3.92. The average molecular weight is 249 g/mol. The van der Waals surface area contributed by atoms with Crippen LogP contribution in [0.3, 0.4) is 0 Å². The number of rotatable bonds is 5. The van der Waals surface area contributed by atoms with Gasteiger partial charge in [-0.2, -0.15) is 0 Å². The summed E-state index contributed by atoms with van der Waals surface area (Å²) in [7, 11) is 1.67. The van der Waals surface area contributed by atoms with E-state index in [1.165, 1.54) is 18.4 Å². The van der Waals surface area contributed by atoms with Gasteiger partial charge in [0.1, 0.15) is 6.10 Å². The highest BCUT2D eigenvalue weighted by atomic mass is 16.6. The summed E-state index contributed by atoms with van der Waals surface area (Å²) in [6.45, 7) is 2.03. The Balaban J connectivity index is 1.82. The van der Waals surface area contributed by atoms with Crippen molar-refractivity contribution in [1.29, 1.82) is 0 Å². The molecule has 98 valence electrons. The number of benzene rings is 1. The van der Waals surface area contributed by atoms with Crippen LogP contribution in [0.15, 0.2) is 18.2 Å². The average Bonchev–Trinajstić information content (AvgIpc) is 3.15. The largest absolute Gasteiger partial charge is 0.493 e. The molecule has 2 fully saturated rings. The van der Waals surface area contributed by atoms with Crippen molar-refractivity contribution in [3.05, 3.63) is 23.8 Å². The summed E-state index contributed by atoms with van der Waals surface area (Å²) in [6.07, 6.45) is 2.50. The van der Waals surface area contributed by atoms with E-state index in [1.54, 1.807) is 7.11 Å². The third-order valence-corrected chi connectivity index (χ3v) is 3.92. The number of hydrogen-bond donors (Lipinski definition) is 1. The van der Waals surface area contributed by atoms with Crippen molar-refractivity contribution >= 4 is 0 Å². The smallest absolute Gasteiger partial charge is 0.161 e. The molecule has 1 aromatic carbocycles. The zero-order valence-corrected chi connectivity index (χ0v) is 10.6. The maximum Gasteiger partial charge on any atom is 0.161 e.